The highest BCUT2D eigenvalue weighted by molar-refractivity contribution is 5.78. The second-order valence-electron chi connectivity index (χ2n) is 7.60. The van der Waals surface area contributed by atoms with Crippen molar-refractivity contribution in [1.29, 1.82) is 5.26 Å². The summed E-state index contributed by atoms with van der Waals surface area (Å²) < 4.78 is 2.44. The Hall–Kier alpha value is -1.82. The highest BCUT2D eigenvalue weighted by Crippen LogP contribution is 2.33. The standard InChI is InChI=1S/C20H27N3/c1-4-20(2,3)19-22-17-12-16(13-21)10-11-18(17)23(19)14-15-8-6-5-7-9-15/h10-12,15H,4-9,14H2,1-3H3. The molecule has 122 valence electrons. The smallest absolute Gasteiger partial charge is 0.115 e. The lowest BCUT2D eigenvalue weighted by Gasteiger charge is -2.27. The van der Waals surface area contributed by atoms with Crippen molar-refractivity contribution in [3.8, 4) is 6.07 Å². The van der Waals surface area contributed by atoms with Gasteiger partial charge >= 0.3 is 0 Å². The third-order valence-electron chi connectivity index (χ3n) is 5.53. The maximum atomic E-state index is 9.16. The van der Waals surface area contributed by atoms with Gasteiger partial charge in [0.1, 0.15) is 5.82 Å². The van der Waals surface area contributed by atoms with Crippen molar-refractivity contribution in [3.05, 3.63) is 29.6 Å². The maximum Gasteiger partial charge on any atom is 0.115 e. The highest BCUT2D eigenvalue weighted by atomic mass is 15.1. The fourth-order valence-electron chi connectivity index (χ4n) is 3.69. The number of fused-ring (bicyclic) bond motifs is 1. The molecule has 0 N–H and O–H groups in total. The Bertz CT molecular complexity index is 727. The average molecular weight is 309 g/mol. The molecular formula is C20H27N3. The quantitative estimate of drug-likeness (QED) is 0.781. The normalized spacial score (nSPS) is 16.6. The van der Waals surface area contributed by atoms with E-state index in [2.05, 4.69) is 37.5 Å². The van der Waals surface area contributed by atoms with Gasteiger partial charge in [-0.2, -0.15) is 5.26 Å². The van der Waals surface area contributed by atoms with Gasteiger partial charge in [-0.1, -0.05) is 40.0 Å². The molecule has 0 amide bonds. The van der Waals surface area contributed by atoms with Gasteiger partial charge in [-0.15, -0.1) is 0 Å². The van der Waals surface area contributed by atoms with E-state index in [4.69, 9.17) is 10.2 Å². The van der Waals surface area contributed by atoms with Crippen LogP contribution in [0.25, 0.3) is 11.0 Å². The number of benzene rings is 1. The number of imidazole rings is 1. The summed E-state index contributed by atoms with van der Waals surface area (Å²) in [4.78, 5) is 4.94. The first kappa shape index (κ1) is 16.1. The summed E-state index contributed by atoms with van der Waals surface area (Å²) in [5, 5.41) is 9.16. The van der Waals surface area contributed by atoms with E-state index in [-0.39, 0.29) is 5.41 Å². The van der Waals surface area contributed by atoms with Crippen LogP contribution in [0.3, 0.4) is 0 Å². The van der Waals surface area contributed by atoms with E-state index in [0.29, 0.717) is 5.56 Å². The van der Waals surface area contributed by atoms with E-state index < -0.39 is 0 Å². The zero-order valence-corrected chi connectivity index (χ0v) is 14.6. The summed E-state index contributed by atoms with van der Waals surface area (Å²) in [6.07, 6.45) is 7.85. The molecule has 3 nitrogen and oxygen atoms in total. The summed E-state index contributed by atoms with van der Waals surface area (Å²) in [7, 11) is 0. The van der Waals surface area contributed by atoms with Crippen LogP contribution in [0.15, 0.2) is 18.2 Å². The summed E-state index contributed by atoms with van der Waals surface area (Å²) >= 11 is 0. The molecule has 1 aliphatic carbocycles. The van der Waals surface area contributed by atoms with Crippen molar-refractivity contribution in [2.75, 3.05) is 0 Å². The molecule has 0 aliphatic heterocycles. The molecule has 1 heterocycles. The second kappa shape index (κ2) is 6.35. The first-order valence-corrected chi connectivity index (χ1v) is 8.96. The fourth-order valence-corrected chi connectivity index (χ4v) is 3.69. The minimum atomic E-state index is 0.0560. The van der Waals surface area contributed by atoms with Gasteiger partial charge in [-0.25, -0.2) is 4.98 Å². The summed E-state index contributed by atoms with van der Waals surface area (Å²) in [5.74, 6) is 1.94. The van der Waals surface area contributed by atoms with E-state index in [1.165, 1.54) is 43.4 Å². The Balaban J connectivity index is 2.07. The highest BCUT2D eigenvalue weighted by Gasteiger charge is 2.27. The van der Waals surface area contributed by atoms with Gasteiger partial charge in [0.2, 0.25) is 0 Å². The molecule has 0 saturated heterocycles. The van der Waals surface area contributed by atoms with Crippen molar-refractivity contribution in [2.24, 2.45) is 5.92 Å². The Kier molecular flexibility index (Phi) is 4.43. The molecule has 1 saturated carbocycles. The molecule has 0 atom stereocenters. The molecule has 2 aromatic rings. The molecule has 3 rings (SSSR count). The fraction of sp³-hybridized carbons (Fsp3) is 0.600. The molecule has 0 bridgehead atoms. The van der Waals surface area contributed by atoms with E-state index in [9.17, 15) is 0 Å². The molecule has 1 aliphatic rings. The molecule has 1 aromatic heterocycles. The van der Waals surface area contributed by atoms with Gasteiger partial charge in [-0.3, -0.25) is 0 Å². The van der Waals surface area contributed by atoms with E-state index in [1.54, 1.807) is 0 Å². The Morgan fingerprint density at radius 1 is 1.26 bits per heavy atom. The van der Waals surface area contributed by atoms with Crippen molar-refractivity contribution < 1.29 is 0 Å². The van der Waals surface area contributed by atoms with Crippen LogP contribution in [0.4, 0.5) is 0 Å². The number of nitriles is 1. The number of nitrogens with zero attached hydrogens (tertiary/aromatic N) is 3. The van der Waals surface area contributed by atoms with Crippen LogP contribution < -0.4 is 0 Å². The lowest BCUT2D eigenvalue weighted by Crippen LogP contribution is -2.24. The number of aromatic nitrogens is 2. The first-order chi connectivity index (χ1) is 11.0. The average Bonchev–Trinajstić information content (AvgIpc) is 2.94. The largest absolute Gasteiger partial charge is 0.327 e. The molecule has 23 heavy (non-hydrogen) atoms. The monoisotopic (exact) mass is 309 g/mol. The van der Waals surface area contributed by atoms with Gasteiger partial charge < -0.3 is 4.57 Å². The predicted molar refractivity (Wildman–Crippen MR) is 94.3 cm³/mol. The molecule has 0 unspecified atom stereocenters. The van der Waals surface area contributed by atoms with Crippen molar-refractivity contribution >= 4 is 11.0 Å². The van der Waals surface area contributed by atoms with Crippen LogP contribution in [-0.2, 0) is 12.0 Å². The van der Waals surface area contributed by atoms with Crippen LogP contribution in [0.2, 0.25) is 0 Å². The third-order valence-corrected chi connectivity index (χ3v) is 5.53. The third kappa shape index (κ3) is 3.13. The summed E-state index contributed by atoms with van der Waals surface area (Å²) in [6, 6.07) is 8.17. The Labute approximate surface area is 139 Å². The zero-order chi connectivity index (χ0) is 16.4. The molecule has 3 heteroatoms. The van der Waals surface area contributed by atoms with Crippen LogP contribution in [0, 0.1) is 17.2 Å². The maximum absolute atomic E-state index is 9.16. The Morgan fingerprint density at radius 2 is 2.00 bits per heavy atom. The molecular weight excluding hydrogens is 282 g/mol. The lowest BCUT2D eigenvalue weighted by molar-refractivity contribution is 0.310. The van der Waals surface area contributed by atoms with Crippen LogP contribution in [-0.4, -0.2) is 9.55 Å². The van der Waals surface area contributed by atoms with Crippen LogP contribution in [0.5, 0.6) is 0 Å². The predicted octanol–water partition coefficient (Wildman–Crippen LogP) is 5.18. The van der Waals surface area contributed by atoms with Gasteiger partial charge in [0.25, 0.3) is 0 Å². The van der Waals surface area contributed by atoms with E-state index in [1.807, 2.05) is 12.1 Å². The summed E-state index contributed by atoms with van der Waals surface area (Å²) in [5.41, 5.74) is 2.91. The molecule has 0 spiro atoms. The van der Waals surface area contributed by atoms with Crippen molar-refractivity contribution in [1.82, 2.24) is 9.55 Å². The first-order valence-electron chi connectivity index (χ1n) is 8.96. The van der Waals surface area contributed by atoms with Crippen molar-refractivity contribution in [2.45, 2.75) is 71.3 Å². The van der Waals surface area contributed by atoms with E-state index in [0.717, 1.165) is 24.4 Å². The molecule has 0 radical (unpaired) electrons. The molecule has 1 fully saturated rings. The SMILES string of the molecule is CCC(C)(C)c1nc2cc(C#N)ccc2n1CC1CCCCC1. The van der Waals surface area contributed by atoms with Crippen molar-refractivity contribution in [3.63, 3.8) is 0 Å². The number of hydrogen-bond donors (Lipinski definition) is 0. The van der Waals surface area contributed by atoms with E-state index >= 15 is 0 Å². The minimum absolute atomic E-state index is 0.0560. The van der Waals surface area contributed by atoms with Gasteiger partial charge in [0, 0.05) is 12.0 Å². The van der Waals surface area contributed by atoms with Crippen LogP contribution in [0.1, 0.15) is 70.7 Å². The topological polar surface area (TPSA) is 41.6 Å². The van der Waals surface area contributed by atoms with Gasteiger partial charge in [0.05, 0.1) is 22.7 Å². The minimum Gasteiger partial charge on any atom is -0.327 e. The lowest BCUT2D eigenvalue weighted by atomic mass is 9.87. The van der Waals surface area contributed by atoms with Gasteiger partial charge in [-0.05, 0) is 43.4 Å². The summed E-state index contributed by atoms with van der Waals surface area (Å²) in [6.45, 7) is 7.85. The number of hydrogen-bond acceptors (Lipinski definition) is 2. The molecule has 1 aromatic carbocycles. The number of rotatable bonds is 4. The zero-order valence-electron chi connectivity index (χ0n) is 14.6. The second-order valence-corrected chi connectivity index (χ2v) is 7.60. The van der Waals surface area contributed by atoms with Crippen LogP contribution >= 0.6 is 0 Å². The van der Waals surface area contributed by atoms with Gasteiger partial charge in [0.15, 0.2) is 0 Å². The Morgan fingerprint density at radius 3 is 2.65 bits per heavy atom.